The highest BCUT2D eigenvalue weighted by atomic mass is 19.1. The second kappa shape index (κ2) is 7.76. The van der Waals surface area contributed by atoms with Crippen molar-refractivity contribution in [3.8, 4) is 0 Å². The maximum atomic E-state index is 14.1. The van der Waals surface area contributed by atoms with E-state index in [1.54, 1.807) is 38.1 Å². The fourth-order valence-electron chi connectivity index (χ4n) is 3.34. The number of aryl methyl sites for hydroxylation is 2. The van der Waals surface area contributed by atoms with Crippen molar-refractivity contribution in [2.24, 2.45) is 0 Å². The Bertz CT molecular complexity index is 1070. The zero-order chi connectivity index (χ0) is 20.4. The molecule has 1 N–H and O–H groups in total. The van der Waals surface area contributed by atoms with Gasteiger partial charge >= 0.3 is 5.97 Å². The van der Waals surface area contributed by atoms with E-state index in [0.29, 0.717) is 22.5 Å². The largest absolute Gasteiger partial charge is 0.465 e. The molecule has 0 amide bonds. The van der Waals surface area contributed by atoms with Crippen LogP contribution in [-0.2, 0) is 11.2 Å². The van der Waals surface area contributed by atoms with Gasteiger partial charge in [-0.05, 0) is 43.2 Å². The molecular weight excluding hydrogens is 364 g/mol. The molecule has 0 unspecified atom stereocenters. The molecule has 0 fully saturated rings. The lowest BCUT2D eigenvalue weighted by Crippen LogP contribution is -2.13. The first-order chi connectivity index (χ1) is 13.3. The zero-order valence-corrected chi connectivity index (χ0v) is 15.7. The fraction of sp³-hybridized carbons (Fsp3) is 0.182. The first kappa shape index (κ1) is 19.5. The number of H-pyrrole nitrogens is 1. The molecule has 0 saturated carbocycles. The lowest BCUT2D eigenvalue weighted by atomic mass is 9.92. The van der Waals surface area contributed by atoms with Crippen LogP contribution in [0.4, 0.5) is 8.78 Å². The van der Waals surface area contributed by atoms with E-state index in [0.717, 1.165) is 18.2 Å². The number of benzene rings is 2. The highest BCUT2D eigenvalue weighted by Gasteiger charge is 2.27. The average molecular weight is 383 g/mol. The summed E-state index contributed by atoms with van der Waals surface area (Å²) in [4.78, 5) is 28.5. The minimum absolute atomic E-state index is 0.0432. The summed E-state index contributed by atoms with van der Waals surface area (Å²) >= 11 is 0. The number of hydrogen-bond donors (Lipinski definition) is 1. The van der Waals surface area contributed by atoms with E-state index in [1.807, 2.05) is 0 Å². The van der Waals surface area contributed by atoms with Crippen molar-refractivity contribution in [3.05, 3.63) is 93.3 Å². The molecular formula is C22H19F2NO3. The standard InChI is InChI=1S/C22H19F2NO3/c1-12-19(20(13(2)25-12)22(27)28-3)21(26)17-7-5-4-6-14(17)10-15-11-16(23)8-9-18(15)24/h4-9,11,25H,10H2,1-3H3. The zero-order valence-electron chi connectivity index (χ0n) is 15.7. The SMILES string of the molecule is COC(=O)c1c(C)[nH]c(C)c1C(=O)c1ccccc1Cc1cc(F)ccc1F. The topological polar surface area (TPSA) is 59.2 Å². The lowest BCUT2D eigenvalue weighted by molar-refractivity contribution is 0.0597. The highest BCUT2D eigenvalue weighted by molar-refractivity contribution is 6.16. The van der Waals surface area contributed by atoms with Crippen LogP contribution in [-0.4, -0.2) is 23.8 Å². The molecule has 3 aromatic rings. The first-order valence-electron chi connectivity index (χ1n) is 8.67. The Hall–Kier alpha value is -3.28. The van der Waals surface area contributed by atoms with Crippen LogP contribution in [0.3, 0.4) is 0 Å². The van der Waals surface area contributed by atoms with Gasteiger partial charge in [-0.25, -0.2) is 13.6 Å². The van der Waals surface area contributed by atoms with Crippen molar-refractivity contribution in [2.75, 3.05) is 7.11 Å². The summed E-state index contributed by atoms with van der Waals surface area (Å²) < 4.78 is 32.4. The minimum atomic E-state index is -0.612. The monoisotopic (exact) mass is 383 g/mol. The summed E-state index contributed by atoms with van der Waals surface area (Å²) in [7, 11) is 1.25. The molecule has 144 valence electrons. The predicted octanol–water partition coefficient (Wildman–Crippen LogP) is 4.52. The number of aromatic amines is 1. The summed E-state index contributed by atoms with van der Waals surface area (Å²) in [6.45, 7) is 3.38. The molecule has 2 aromatic carbocycles. The predicted molar refractivity (Wildman–Crippen MR) is 101 cm³/mol. The Labute approximate surface area is 161 Å². The number of halogens is 2. The van der Waals surface area contributed by atoms with E-state index in [1.165, 1.54) is 7.11 Å². The van der Waals surface area contributed by atoms with Gasteiger partial charge in [-0.15, -0.1) is 0 Å². The van der Waals surface area contributed by atoms with Gasteiger partial charge in [0.15, 0.2) is 5.78 Å². The maximum absolute atomic E-state index is 14.1. The van der Waals surface area contributed by atoms with Gasteiger partial charge in [-0.2, -0.15) is 0 Å². The number of carbonyl (C=O) groups excluding carboxylic acids is 2. The summed E-state index contributed by atoms with van der Waals surface area (Å²) in [5, 5.41) is 0. The molecule has 28 heavy (non-hydrogen) atoms. The second-order valence-corrected chi connectivity index (χ2v) is 6.52. The Balaban J connectivity index is 2.08. The molecule has 0 atom stereocenters. The maximum Gasteiger partial charge on any atom is 0.340 e. The van der Waals surface area contributed by atoms with Crippen LogP contribution in [0.15, 0.2) is 42.5 Å². The quantitative estimate of drug-likeness (QED) is 0.521. The van der Waals surface area contributed by atoms with Crippen molar-refractivity contribution in [1.82, 2.24) is 4.98 Å². The molecule has 0 aliphatic rings. The van der Waals surface area contributed by atoms with Gasteiger partial charge in [0, 0.05) is 23.4 Å². The van der Waals surface area contributed by atoms with Gasteiger partial charge in [0.25, 0.3) is 0 Å². The Morgan fingerprint density at radius 3 is 2.36 bits per heavy atom. The Morgan fingerprint density at radius 1 is 0.964 bits per heavy atom. The molecule has 0 saturated heterocycles. The number of ether oxygens (including phenoxy) is 1. The van der Waals surface area contributed by atoms with Gasteiger partial charge in [-0.1, -0.05) is 24.3 Å². The summed E-state index contributed by atoms with van der Waals surface area (Å²) in [5.74, 6) is -2.09. The highest BCUT2D eigenvalue weighted by Crippen LogP contribution is 2.26. The molecule has 0 radical (unpaired) electrons. The molecule has 1 aromatic heterocycles. The summed E-state index contributed by atoms with van der Waals surface area (Å²) in [5.41, 5.74) is 2.46. The smallest absolute Gasteiger partial charge is 0.340 e. The molecule has 1 heterocycles. The van der Waals surface area contributed by atoms with Crippen LogP contribution in [0.1, 0.15) is 48.8 Å². The third-order valence-corrected chi connectivity index (χ3v) is 4.64. The average Bonchev–Trinajstić information content (AvgIpc) is 2.97. The third kappa shape index (κ3) is 3.58. The van der Waals surface area contributed by atoms with E-state index in [4.69, 9.17) is 4.74 Å². The van der Waals surface area contributed by atoms with E-state index in [2.05, 4.69) is 4.98 Å². The number of nitrogens with one attached hydrogen (secondary N) is 1. The van der Waals surface area contributed by atoms with Crippen LogP contribution in [0.5, 0.6) is 0 Å². The Kier molecular flexibility index (Phi) is 5.40. The van der Waals surface area contributed by atoms with Gasteiger partial charge in [0.05, 0.1) is 18.2 Å². The minimum Gasteiger partial charge on any atom is -0.465 e. The summed E-state index contributed by atoms with van der Waals surface area (Å²) in [6, 6.07) is 9.92. The van der Waals surface area contributed by atoms with Crippen LogP contribution < -0.4 is 0 Å². The van der Waals surface area contributed by atoms with Crippen LogP contribution >= 0.6 is 0 Å². The molecule has 0 spiro atoms. The van der Waals surface area contributed by atoms with Gasteiger partial charge in [-0.3, -0.25) is 4.79 Å². The second-order valence-electron chi connectivity index (χ2n) is 6.52. The number of esters is 1. The number of rotatable bonds is 5. The van der Waals surface area contributed by atoms with Gasteiger partial charge < -0.3 is 9.72 Å². The molecule has 4 nitrogen and oxygen atoms in total. The third-order valence-electron chi connectivity index (χ3n) is 4.64. The first-order valence-corrected chi connectivity index (χ1v) is 8.67. The molecule has 6 heteroatoms. The van der Waals surface area contributed by atoms with Crippen LogP contribution in [0, 0.1) is 25.5 Å². The normalized spacial score (nSPS) is 10.8. The van der Waals surface area contributed by atoms with Crippen LogP contribution in [0.25, 0.3) is 0 Å². The van der Waals surface area contributed by atoms with Crippen molar-refractivity contribution in [2.45, 2.75) is 20.3 Å². The molecule has 0 aliphatic carbocycles. The van der Waals surface area contributed by atoms with Crippen molar-refractivity contribution >= 4 is 11.8 Å². The number of ketones is 1. The van der Waals surface area contributed by atoms with Crippen molar-refractivity contribution in [3.63, 3.8) is 0 Å². The van der Waals surface area contributed by atoms with Crippen LogP contribution in [0.2, 0.25) is 0 Å². The molecule has 0 aliphatic heterocycles. The van der Waals surface area contributed by atoms with Crippen molar-refractivity contribution < 1.29 is 23.1 Å². The number of methoxy groups -OCH3 is 1. The lowest BCUT2D eigenvalue weighted by Gasteiger charge is -2.11. The molecule has 3 rings (SSSR count). The summed E-state index contributed by atoms with van der Waals surface area (Å²) in [6.07, 6.45) is 0.0432. The number of hydrogen-bond acceptors (Lipinski definition) is 3. The van der Waals surface area contributed by atoms with E-state index in [-0.39, 0.29) is 28.9 Å². The van der Waals surface area contributed by atoms with E-state index >= 15 is 0 Å². The van der Waals surface area contributed by atoms with Gasteiger partial charge in [0.1, 0.15) is 11.6 Å². The van der Waals surface area contributed by atoms with E-state index < -0.39 is 17.6 Å². The van der Waals surface area contributed by atoms with E-state index in [9.17, 15) is 18.4 Å². The Morgan fingerprint density at radius 2 is 1.64 bits per heavy atom. The number of carbonyl (C=O) groups is 2. The van der Waals surface area contributed by atoms with Crippen molar-refractivity contribution in [1.29, 1.82) is 0 Å². The fourth-order valence-corrected chi connectivity index (χ4v) is 3.34. The van der Waals surface area contributed by atoms with Gasteiger partial charge in [0.2, 0.25) is 0 Å². The number of aromatic nitrogens is 1. The molecule has 0 bridgehead atoms.